The number of aromatic nitrogens is 2. The van der Waals surface area contributed by atoms with Crippen LogP contribution >= 0.6 is 0 Å². The summed E-state index contributed by atoms with van der Waals surface area (Å²) in [5, 5.41) is 4.02. The Hall–Kier alpha value is -0.940. The molecule has 2 heterocycles. The van der Waals surface area contributed by atoms with Crippen molar-refractivity contribution in [3.8, 4) is 0 Å². The van der Waals surface area contributed by atoms with Gasteiger partial charge < -0.3 is 10.5 Å². The number of rotatable bonds is 2. The predicted molar refractivity (Wildman–Crippen MR) is 49.2 cm³/mol. The lowest BCUT2D eigenvalue weighted by Crippen LogP contribution is -2.21. The van der Waals surface area contributed by atoms with Crippen molar-refractivity contribution in [2.75, 3.05) is 13.2 Å². The van der Waals surface area contributed by atoms with Gasteiger partial charge in [-0.05, 0) is 12.8 Å². The maximum atomic E-state index is 13.6. The van der Waals surface area contributed by atoms with Crippen LogP contribution in [-0.4, -0.2) is 23.0 Å². The molecule has 2 rings (SSSR count). The smallest absolute Gasteiger partial charge is 0.216 e. The number of nitrogens with zero attached hydrogens (tertiary/aromatic N) is 2. The van der Waals surface area contributed by atoms with Crippen LogP contribution in [0, 0.1) is 5.95 Å². The molecule has 0 aromatic carbocycles. The molecule has 78 valence electrons. The molecule has 14 heavy (non-hydrogen) atoms. The van der Waals surface area contributed by atoms with Gasteiger partial charge in [-0.1, -0.05) is 0 Å². The Morgan fingerprint density at radius 3 is 2.86 bits per heavy atom. The molecule has 4 nitrogen and oxygen atoms in total. The van der Waals surface area contributed by atoms with Gasteiger partial charge in [0.15, 0.2) is 0 Å². The Bertz CT molecular complexity index is 307. The van der Waals surface area contributed by atoms with Crippen LogP contribution in [0.2, 0.25) is 0 Å². The van der Waals surface area contributed by atoms with Crippen molar-refractivity contribution in [1.82, 2.24) is 9.78 Å². The summed E-state index contributed by atoms with van der Waals surface area (Å²) < 4.78 is 20.2. The van der Waals surface area contributed by atoms with Crippen LogP contribution in [0.4, 0.5) is 4.39 Å². The van der Waals surface area contributed by atoms with E-state index < -0.39 is 0 Å². The average molecular weight is 199 g/mol. The maximum absolute atomic E-state index is 13.6. The lowest BCUT2D eigenvalue weighted by atomic mass is 10.1. The van der Waals surface area contributed by atoms with Gasteiger partial charge in [0, 0.05) is 25.3 Å². The first-order chi connectivity index (χ1) is 6.83. The largest absolute Gasteiger partial charge is 0.381 e. The highest BCUT2D eigenvalue weighted by atomic mass is 19.1. The number of hydrogen-bond acceptors (Lipinski definition) is 3. The van der Waals surface area contributed by atoms with Crippen molar-refractivity contribution in [3.63, 3.8) is 0 Å². The van der Waals surface area contributed by atoms with Crippen molar-refractivity contribution in [1.29, 1.82) is 0 Å². The van der Waals surface area contributed by atoms with Gasteiger partial charge in [-0.25, -0.2) is 4.68 Å². The van der Waals surface area contributed by atoms with Crippen LogP contribution < -0.4 is 5.73 Å². The standard InChI is InChI=1S/C9H14FN3O/c10-9-7(5-11)6-12-13(9)8-1-3-14-4-2-8/h6,8H,1-5,11H2. The van der Waals surface area contributed by atoms with Crippen molar-refractivity contribution in [2.45, 2.75) is 25.4 Å². The Morgan fingerprint density at radius 2 is 2.29 bits per heavy atom. The lowest BCUT2D eigenvalue weighted by Gasteiger charge is -2.22. The average Bonchev–Trinajstić information content (AvgIpc) is 2.61. The summed E-state index contributed by atoms with van der Waals surface area (Å²) in [6, 6.07) is 0.129. The van der Waals surface area contributed by atoms with Crippen molar-refractivity contribution < 1.29 is 9.13 Å². The van der Waals surface area contributed by atoms with E-state index in [4.69, 9.17) is 10.5 Å². The summed E-state index contributed by atoms with van der Waals surface area (Å²) in [4.78, 5) is 0. The second kappa shape index (κ2) is 4.06. The molecule has 0 unspecified atom stereocenters. The quantitative estimate of drug-likeness (QED) is 0.767. The van der Waals surface area contributed by atoms with Crippen LogP contribution in [0.5, 0.6) is 0 Å². The summed E-state index contributed by atoms with van der Waals surface area (Å²) in [5.74, 6) is -0.292. The van der Waals surface area contributed by atoms with E-state index in [0.717, 1.165) is 12.8 Å². The third-order valence-electron chi connectivity index (χ3n) is 2.56. The zero-order valence-corrected chi connectivity index (χ0v) is 7.95. The molecule has 1 saturated heterocycles. The molecule has 5 heteroatoms. The molecule has 0 atom stereocenters. The van der Waals surface area contributed by atoms with E-state index in [-0.39, 0.29) is 18.5 Å². The molecule has 0 bridgehead atoms. The van der Waals surface area contributed by atoms with Gasteiger partial charge in [0.2, 0.25) is 5.95 Å². The minimum Gasteiger partial charge on any atom is -0.381 e. The highest BCUT2D eigenvalue weighted by molar-refractivity contribution is 5.06. The van der Waals surface area contributed by atoms with Gasteiger partial charge in [-0.15, -0.1) is 0 Å². The number of hydrogen-bond donors (Lipinski definition) is 1. The number of nitrogens with two attached hydrogens (primary N) is 1. The fourth-order valence-corrected chi connectivity index (χ4v) is 1.70. The van der Waals surface area contributed by atoms with Crippen molar-refractivity contribution >= 4 is 0 Å². The van der Waals surface area contributed by atoms with Crippen molar-refractivity contribution in [2.24, 2.45) is 5.73 Å². The first-order valence-corrected chi connectivity index (χ1v) is 4.82. The van der Waals surface area contributed by atoms with Gasteiger partial charge in [-0.3, -0.25) is 0 Å². The second-order valence-corrected chi connectivity index (χ2v) is 3.45. The molecule has 0 saturated carbocycles. The molecule has 1 aliphatic rings. The van der Waals surface area contributed by atoms with Crippen LogP contribution in [0.3, 0.4) is 0 Å². The van der Waals surface area contributed by atoms with Gasteiger partial charge in [0.05, 0.1) is 12.2 Å². The highest BCUT2D eigenvalue weighted by Crippen LogP contribution is 2.22. The van der Waals surface area contributed by atoms with E-state index in [1.165, 1.54) is 10.9 Å². The highest BCUT2D eigenvalue weighted by Gasteiger charge is 2.20. The molecule has 1 aliphatic heterocycles. The van der Waals surface area contributed by atoms with E-state index in [9.17, 15) is 4.39 Å². The third-order valence-corrected chi connectivity index (χ3v) is 2.56. The zero-order chi connectivity index (χ0) is 9.97. The summed E-state index contributed by atoms with van der Waals surface area (Å²) in [6.07, 6.45) is 3.15. The van der Waals surface area contributed by atoms with Gasteiger partial charge >= 0.3 is 0 Å². The molecule has 0 spiro atoms. The lowest BCUT2D eigenvalue weighted by molar-refractivity contribution is 0.0626. The van der Waals surface area contributed by atoms with Crippen LogP contribution in [-0.2, 0) is 11.3 Å². The van der Waals surface area contributed by atoms with Crippen molar-refractivity contribution in [3.05, 3.63) is 17.7 Å². The normalized spacial score (nSPS) is 18.7. The molecule has 1 aromatic rings. The number of halogens is 1. The Morgan fingerprint density at radius 1 is 1.57 bits per heavy atom. The monoisotopic (exact) mass is 199 g/mol. The first kappa shape index (κ1) is 9.61. The Labute approximate surface area is 81.8 Å². The minimum atomic E-state index is -0.292. The predicted octanol–water partition coefficient (Wildman–Crippen LogP) is 0.832. The fraction of sp³-hybridized carbons (Fsp3) is 0.667. The summed E-state index contributed by atoms with van der Waals surface area (Å²) in [6.45, 7) is 1.57. The fourth-order valence-electron chi connectivity index (χ4n) is 1.70. The summed E-state index contributed by atoms with van der Waals surface area (Å²) in [7, 11) is 0. The molecule has 2 N–H and O–H groups in total. The molecule has 1 fully saturated rings. The van der Waals surface area contributed by atoms with Gasteiger partial charge in [0.25, 0.3) is 0 Å². The van der Waals surface area contributed by atoms with Crippen LogP contribution in [0.1, 0.15) is 24.4 Å². The molecule has 0 amide bonds. The topological polar surface area (TPSA) is 53.1 Å². The van der Waals surface area contributed by atoms with Crippen LogP contribution in [0.25, 0.3) is 0 Å². The summed E-state index contributed by atoms with van der Waals surface area (Å²) in [5.41, 5.74) is 5.86. The summed E-state index contributed by atoms with van der Waals surface area (Å²) >= 11 is 0. The third kappa shape index (κ3) is 1.65. The van der Waals surface area contributed by atoms with E-state index >= 15 is 0 Å². The second-order valence-electron chi connectivity index (χ2n) is 3.45. The minimum absolute atomic E-state index is 0.129. The van der Waals surface area contributed by atoms with Crippen LogP contribution in [0.15, 0.2) is 6.20 Å². The molecule has 0 aliphatic carbocycles. The van der Waals surface area contributed by atoms with E-state index in [1.807, 2.05) is 0 Å². The van der Waals surface area contributed by atoms with Gasteiger partial charge in [-0.2, -0.15) is 9.49 Å². The number of ether oxygens (including phenoxy) is 1. The Kier molecular flexibility index (Phi) is 2.79. The van der Waals surface area contributed by atoms with E-state index in [0.29, 0.717) is 18.8 Å². The molecule has 0 radical (unpaired) electrons. The van der Waals surface area contributed by atoms with E-state index in [1.54, 1.807) is 0 Å². The molecule has 1 aromatic heterocycles. The SMILES string of the molecule is NCc1cnn(C2CCOCC2)c1F. The molecular weight excluding hydrogens is 185 g/mol. The zero-order valence-electron chi connectivity index (χ0n) is 7.95. The first-order valence-electron chi connectivity index (χ1n) is 4.82. The Balaban J connectivity index is 2.18. The molecular formula is C9H14FN3O. The van der Waals surface area contributed by atoms with Gasteiger partial charge in [0.1, 0.15) is 0 Å². The van der Waals surface area contributed by atoms with E-state index in [2.05, 4.69) is 5.10 Å². The maximum Gasteiger partial charge on any atom is 0.216 e.